The predicted octanol–water partition coefficient (Wildman–Crippen LogP) is 17.5. The Morgan fingerprint density at radius 2 is 0.627 bits per heavy atom. The van der Waals surface area contributed by atoms with Gasteiger partial charge in [-0.3, -0.25) is 0 Å². The van der Waals surface area contributed by atoms with Crippen molar-refractivity contribution < 1.29 is 0 Å². The third-order valence-electron chi connectivity index (χ3n) is 13.5. The topological polar surface area (TPSA) is 13.1 Å². The molecule has 0 atom stereocenters. The average molecular weight is 854 g/mol. The summed E-state index contributed by atoms with van der Waals surface area (Å²) in [5.41, 5.74) is 17.4. The summed E-state index contributed by atoms with van der Waals surface area (Å²) in [4.78, 5) is 2.37. The molecule has 0 amide bonds. The van der Waals surface area contributed by atoms with E-state index in [1.165, 1.54) is 59.9 Å². The van der Waals surface area contributed by atoms with Gasteiger partial charge < -0.3 is 14.0 Å². The molecule has 0 saturated heterocycles. The molecule has 0 N–H and O–H groups in total. The molecule has 0 aliphatic heterocycles. The lowest BCUT2D eigenvalue weighted by Crippen LogP contribution is -2.10. The molecule has 0 radical (unpaired) electrons. The first-order valence-corrected chi connectivity index (χ1v) is 23.0. The molecular weight excluding hydrogens is 811 g/mol. The van der Waals surface area contributed by atoms with Gasteiger partial charge in [0.1, 0.15) is 0 Å². The van der Waals surface area contributed by atoms with Gasteiger partial charge in [-0.15, -0.1) is 0 Å². The zero-order chi connectivity index (χ0) is 44.3. The Hall–Kier alpha value is -8.92. The van der Waals surface area contributed by atoms with E-state index in [0.29, 0.717) is 0 Å². The third-order valence-corrected chi connectivity index (χ3v) is 13.5. The minimum atomic E-state index is 1.11. The van der Waals surface area contributed by atoms with E-state index >= 15 is 0 Å². The standard InChI is InChI=1S/C64H43N3/c1-5-19-49(20-6-1)65(50-21-7-2-8-22-50)62-38-37-53(54-27-13-14-28-55(54)62)48-40-46(44-33-35-58-56-29-15-17-31-60(56)66(63(58)42-44)51-23-9-3-10-24-51)39-47(41-48)45-34-36-59-57-30-16-18-32-61(57)67(64(59)43-45)52-25-11-4-12-26-52/h1-43H. The van der Waals surface area contributed by atoms with E-state index in [1.807, 2.05) is 0 Å². The van der Waals surface area contributed by atoms with Crippen LogP contribution in [0.25, 0.3) is 99.1 Å². The highest BCUT2D eigenvalue weighted by Gasteiger charge is 2.20. The second-order valence-electron chi connectivity index (χ2n) is 17.3. The highest BCUT2D eigenvalue weighted by atomic mass is 15.1. The van der Waals surface area contributed by atoms with E-state index in [-0.39, 0.29) is 0 Å². The summed E-state index contributed by atoms with van der Waals surface area (Å²) in [6, 6.07) is 95.1. The quantitative estimate of drug-likeness (QED) is 0.148. The van der Waals surface area contributed by atoms with Crippen molar-refractivity contribution >= 4 is 71.4 Å². The fourth-order valence-corrected chi connectivity index (χ4v) is 10.4. The highest BCUT2D eigenvalue weighted by Crippen LogP contribution is 2.45. The van der Waals surface area contributed by atoms with Gasteiger partial charge >= 0.3 is 0 Å². The van der Waals surface area contributed by atoms with Crippen LogP contribution in [0.3, 0.4) is 0 Å². The van der Waals surface area contributed by atoms with Gasteiger partial charge in [0, 0.05) is 49.7 Å². The van der Waals surface area contributed by atoms with Gasteiger partial charge in [-0.25, -0.2) is 0 Å². The Morgan fingerprint density at radius 3 is 1.12 bits per heavy atom. The van der Waals surface area contributed by atoms with Gasteiger partial charge in [-0.2, -0.15) is 0 Å². The lowest BCUT2D eigenvalue weighted by molar-refractivity contribution is 1.18. The number of aromatic nitrogens is 2. The van der Waals surface area contributed by atoms with E-state index in [9.17, 15) is 0 Å². The molecule has 11 aromatic carbocycles. The Balaban J connectivity index is 1.06. The second-order valence-corrected chi connectivity index (χ2v) is 17.3. The van der Waals surface area contributed by atoms with Gasteiger partial charge in [-0.05, 0) is 136 Å². The lowest BCUT2D eigenvalue weighted by Gasteiger charge is -2.27. The molecule has 0 aliphatic carbocycles. The van der Waals surface area contributed by atoms with E-state index < -0.39 is 0 Å². The molecule has 0 unspecified atom stereocenters. The molecule has 3 nitrogen and oxygen atoms in total. The van der Waals surface area contributed by atoms with Crippen LogP contribution in [-0.2, 0) is 0 Å². The zero-order valence-electron chi connectivity index (χ0n) is 36.7. The fraction of sp³-hybridized carbons (Fsp3) is 0. The maximum Gasteiger partial charge on any atom is 0.0547 e. The van der Waals surface area contributed by atoms with Gasteiger partial charge in [-0.1, -0.05) is 164 Å². The molecule has 314 valence electrons. The summed E-state index contributed by atoms with van der Waals surface area (Å²) in [7, 11) is 0. The fourth-order valence-electron chi connectivity index (χ4n) is 10.4. The molecule has 13 rings (SSSR count). The summed E-state index contributed by atoms with van der Waals surface area (Å²) in [5.74, 6) is 0. The molecule has 0 aliphatic rings. The molecular formula is C64H43N3. The molecule has 2 aromatic heterocycles. The van der Waals surface area contributed by atoms with Crippen molar-refractivity contribution in [1.82, 2.24) is 9.13 Å². The van der Waals surface area contributed by atoms with Crippen LogP contribution in [0, 0.1) is 0 Å². The van der Waals surface area contributed by atoms with Crippen LogP contribution < -0.4 is 4.90 Å². The maximum absolute atomic E-state index is 2.41. The molecule has 3 heteroatoms. The number of nitrogens with zero attached hydrogens (tertiary/aromatic N) is 3. The summed E-state index contributed by atoms with van der Waals surface area (Å²) < 4.78 is 4.82. The van der Waals surface area contributed by atoms with Crippen LogP contribution in [0.2, 0.25) is 0 Å². The van der Waals surface area contributed by atoms with Gasteiger partial charge in [0.05, 0.1) is 27.8 Å². The third kappa shape index (κ3) is 6.51. The van der Waals surface area contributed by atoms with Crippen molar-refractivity contribution in [1.29, 1.82) is 0 Å². The van der Waals surface area contributed by atoms with Crippen LogP contribution in [0.15, 0.2) is 261 Å². The van der Waals surface area contributed by atoms with E-state index in [2.05, 4.69) is 275 Å². The number of fused-ring (bicyclic) bond motifs is 7. The first-order valence-electron chi connectivity index (χ1n) is 23.0. The number of para-hydroxylation sites is 6. The Morgan fingerprint density at radius 1 is 0.239 bits per heavy atom. The van der Waals surface area contributed by atoms with Crippen molar-refractivity contribution in [2.75, 3.05) is 4.90 Å². The lowest BCUT2D eigenvalue weighted by atomic mass is 9.90. The van der Waals surface area contributed by atoms with Crippen molar-refractivity contribution in [3.8, 4) is 44.8 Å². The van der Waals surface area contributed by atoms with Gasteiger partial charge in [0.25, 0.3) is 0 Å². The van der Waals surface area contributed by atoms with Crippen LogP contribution >= 0.6 is 0 Å². The first kappa shape index (κ1) is 38.5. The molecule has 0 bridgehead atoms. The predicted molar refractivity (Wildman–Crippen MR) is 284 cm³/mol. The second kappa shape index (κ2) is 16.0. The number of anilines is 3. The maximum atomic E-state index is 2.41. The van der Waals surface area contributed by atoms with Crippen molar-refractivity contribution in [3.05, 3.63) is 261 Å². The van der Waals surface area contributed by atoms with E-state index in [1.54, 1.807) is 0 Å². The van der Waals surface area contributed by atoms with E-state index in [0.717, 1.165) is 56.3 Å². The minimum Gasteiger partial charge on any atom is -0.310 e. The summed E-state index contributed by atoms with van der Waals surface area (Å²) in [6.07, 6.45) is 0. The summed E-state index contributed by atoms with van der Waals surface area (Å²) in [5, 5.41) is 7.34. The molecule has 67 heavy (non-hydrogen) atoms. The number of rotatable bonds is 8. The number of hydrogen-bond acceptors (Lipinski definition) is 1. The molecule has 0 spiro atoms. The van der Waals surface area contributed by atoms with Crippen LogP contribution in [0.4, 0.5) is 17.1 Å². The summed E-state index contributed by atoms with van der Waals surface area (Å²) in [6.45, 7) is 0. The van der Waals surface area contributed by atoms with Crippen LogP contribution in [0.5, 0.6) is 0 Å². The first-order chi connectivity index (χ1) is 33.2. The zero-order valence-corrected chi connectivity index (χ0v) is 36.7. The highest BCUT2D eigenvalue weighted by molar-refractivity contribution is 6.12. The number of benzene rings is 11. The normalized spacial score (nSPS) is 11.6. The Kier molecular flexibility index (Phi) is 9.17. The minimum absolute atomic E-state index is 1.11. The molecule has 13 aromatic rings. The molecule has 2 heterocycles. The van der Waals surface area contributed by atoms with Gasteiger partial charge in [0.15, 0.2) is 0 Å². The van der Waals surface area contributed by atoms with Gasteiger partial charge in [0.2, 0.25) is 0 Å². The summed E-state index contributed by atoms with van der Waals surface area (Å²) >= 11 is 0. The van der Waals surface area contributed by atoms with Crippen molar-refractivity contribution in [3.63, 3.8) is 0 Å². The largest absolute Gasteiger partial charge is 0.310 e. The van der Waals surface area contributed by atoms with Crippen molar-refractivity contribution in [2.24, 2.45) is 0 Å². The number of hydrogen-bond donors (Lipinski definition) is 0. The van der Waals surface area contributed by atoms with Crippen molar-refractivity contribution in [2.45, 2.75) is 0 Å². The molecule has 0 fully saturated rings. The molecule has 0 saturated carbocycles. The average Bonchev–Trinajstić information content (AvgIpc) is 3.92. The Labute approximate surface area is 389 Å². The monoisotopic (exact) mass is 853 g/mol. The van der Waals surface area contributed by atoms with Crippen LogP contribution in [-0.4, -0.2) is 9.13 Å². The smallest absolute Gasteiger partial charge is 0.0547 e. The van der Waals surface area contributed by atoms with Crippen LogP contribution in [0.1, 0.15) is 0 Å². The van der Waals surface area contributed by atoms with E-state index in [4.69, 9.17) is 0 Å². The SMILES string of the molecule is c1ccc(N(c2ccccc2)c2ccc(-c3cc(-c4ccc5c6ccccc6n(-c6ccccc6)c5c4)cc(-c4ccc5c6ccccc6n(-c6ccccc6)c5c4)c3)c3ccccc23)cc1. The Bertz CT molecular complexity index is 3750.